The SMILES string of the molecule is c1ccc(-c2ccc(-c3nc(-c4cccc5oc6ccccc6c45)nc(-c4ccc(-n5c6ccccc6c6cc7ccccc7cc65)c5oc6ccccc6c45)n3)cc2)cc1. The van der Waals surface area contributed by atoms with Crippen molar-refractivity contribution in [3.8, 4) is 51.0 Å². The summed E-state index contributed by atoms with van der Waals surface area (Å²) in [5.74, 6) is 1.68. The monoisotopic (exact) mass is 780 g/mol. The van der Waals surface area contributed by atoms with E-state index < -0.39 is 0 Å². The van der Waals surface area contributed by atoms with E-state index in [9.17, 15) is 0 Å². The molecule has 0 aliphatic rings. The predicted octanol–water partition coefficient (Wildman–Crippen LogP) is 14.6. The van der Waals surface area contributed by atoms with E-state index in [1.807, 2.05) is 48.5 Å². The Labute approximate surface area is 348 Å². The molecule has 4 heterocycles. The van der Waals surface area contributed by atoms with Crippen LogP contribution in [0.15, 0.2) is 203 Å². The largest absolute Gasteiger partial charge is 0.456 e. The van der Waals surface area contributed by atoms with Gasteiger partial charge < -0.3 is 13.4 Å². The second kappa shape index (κ2) is 13.1. The van der Waals surface area contributed by atoms with Crippen LogP contribution >= 0.6 is 0 Å². The third-order valence-electron chi connectivity index (χ3n) is 12.1. The molecule has 0 N–H and O–H groups in total. The molecule has 0 radical (unpaired) electrons. The highest BCUT2D eigenvalue weighted by molar-refractivity contribution is 6.18. The molecule has 0 saturated carbocycles. The molecule has 13 aromatic rings. The zero-order valence-corrected chi connectivity index (χ0v) is 32.6. The fraction of sp³-hybridized carbons (Fsp3) is 0. The van der Waals surface area contributed by atoms with Gasteiger partial charge in [0.2, 0.25) is 0 Å². The van der Waals surface area contributed by atoms with Gasteiger partial charge in [-0.1, -0.05) is 146 Å². The van der Waals surface area contributed by atoms with Gasteiger partial charge in [0.15, 0.2) is 23.1 Å². The van der Waals surface area contributed by atoms with E-state index in [1.165, 1.54) is 21.5 Å². The maximum absolute atomic E-state index is 6.93. The van der Waals surface area contributed by atoms with Gasteiger partial charge in [0, 0.05) is 49.0 Å². The van der Waals surface area contributed by atoms with Crippen LogP contribution in [0.25, 0.3) is 127 Å². The minimum atomic E-state index is 0.549. The summed E-state index contributed by atoms with van der Waals surface area (Å²) in [6, 6.07) is 67.3. The van der Waals surface area contributed by atoms with Gasteiger partial charge >= 0.3 is 0 Å². The number of benzene rings is 9. The van der Waals surface area contributed by atoms with Gasteiger partial charge in [-0.15, -0.1) is 0 Å². The highest BCUT2D eigenvalue weighted by atomic mass is 16.3. The summed E-state index contributed by atoms with van der Waals surface area (Å²) in [4.78, 5) is 15.9. The molecule has 0 fully saturated rings. The van der Waals surface area contributed by atoms with Crippen molar-refractivity contribution in [1.82, 2.24) is 19.5 Å². The lowest BCUT2D eigenvalue weighted by Gasteiger charge is -2.13. The first-order valence-corrected chi connectivity index (χ1v) is 20.4. The van der Waals surface area contributed by atoms with E-state index in [0.29, 0.717) is 17.5 Å². The Morgan fingerprint density at radius 1 is 0.344 bits per heavy atom. The van der Waals surface area contributed by atoms with Gasteiger partial charge in [0.25, 0.3) is 0 Å². The van der Waals surface area contributed by atoms with Crippen LogP contribution in [-0.4, -0.2) is 19.5 Å². The number of hydrogen-bond acceptors (Lipinski definition) is 5. The standard InChI is InChI=1S/C55H32N4O2/c1-2-13-33(14-3-1)34-25-27-35(28-26-34)53-56-54(41-20-12-24-49-50(41)39-18-7-10-22-47(39)60-49)58-55(57-53)42-29-30-45(52-51(42)40-19-8-11-23-48(40)61-52)59-44-21-9-6-17-38(44)43-31-36-15-4-5-16-37(36)32-46(43)59/h1-32H. The summed E-state index contributed by atoms with van der Waals surface area (Å²) in [5.41, 5.74) is 11.2. The van der Waals surface area contributed by atoms with Crippen LogP contribution in [-0.2, 0) is 0 Å². The van der Waals surface area contributed by atoms with E-state index in [2.05, 4.69) is 150 Å². The van der Waals surface area contributed by atoms with Gasteiger partial charge in [-0.25, -0.2) is 15.0 Å². The fourth-order valence-electron chi connectivity index (χ4n) is 9.24. The molecule has 0 unspecified atom stereocenters. The van der Waals surface area contributed by atoms with Crippen LogP contribution in [0.3, 0.4) is 0 Å². The number of rotatable bonds is 5. The summed E-state index contributed by atoms with van der Waals surface area (Å²) in [6.07, 6.45) is 0. The maximum Gasteiger partial charge on any atom is 0.164 e. The molecule has 13 rings (SSSR count). The predicted molar refractivity (Wildman–Crippen MR) is 248 cm³/mol. The van der Waals surface area contributed by atoms with Crippen molar-refractivity contribution in [2.24, 2.45) is 0 Å². The van der Waals surface area contributed by atoms with Crippen LogP contribution in [0.4, 0.5) is 0 Å². The molecule has 0 aliphatic heterocycles. The van der Waals surface area contributed by atoms with Gasteiger partial charge in [-0.05, 0) is 70.4 Å². The van der Waals surface area contributed by atoms with Gasteiger partial charge in [0.05, 0.1) is 16.7 Å². The minimum absolute atomic E-state index is 0.549. The molecule has 0 atom stereocenters. The average Bonchev–Trinajstić information content (AvgIpc) is 4.01. The maximum atomic E-state index is 6.93. The Kier molecular flexibility index (Phi) is 7.21. The van der Waals surface area contributed by atoms with Crippen molar-refractivity contribution in [2.45, 2.75) is 0 Å². The third-order valence-corrected chi connectivity index (χ3v) is 12.1. The molecule has 0 bridgehead atoms. The lowest BCUT2D eigenvalue weighted by Crippen LogP contribution is -2.01. The van der Waals surface area contributed by atoms with E-state index in [4.69, 9.17) is 23.8 Å². The summed E-state index contributed by atoms with van der Waals surface area (Å²) in [6.45, 7) is 0. The number of para-hydroxylation sites is 3. The van der Waals surface area contributed by atoms with Crippen LogP contribution in [0, 0.1) is 0 Å². The lowest BCUT2D eigenvalue weighted by molar-refractivity contribution is 0.666. The molecule has 61 heavy (non-hydrogen) atoms. The molecular weight excluding hydrogens is 749 g/mol. The van der Waals surface area contributed by atoms with Crippen molar-refractivity contribution in [3.05, 3.63) is 194 Å². The van der Waals surface area contributed by atoms with Crippen LogP contribution in [0.5, 0.6) is 0 Å². The van der Waals surface area contributed by atoms with E-state index >= 15 is 0 Å². The number of fused-ring (bicyclic) bond motifs is 10. The summed E-state index contributed by atoms with van der Waals surface area (Å²) in [7, 11) is 0. The van der Waals surface area contributed by atoms with Crippen LogP contribution < -0.4 is 0 Å². The van der Waals surface area contributed by atoms with Crippen molar-refractivity contribution >= 4 is 76.5 Å². The smallest absolute Gasteiger partial charge is 0.164 e. The Hall–Kier alpha value is -8.35. The summed E-state index contributed by atoms with van der Waals surface area (Å²) >= 11 is 0. The first-order valence-electron chi connectivity index (χ1n) is 20.4. The minimum Gasteiger partial charge on any atom is -0.456 e. The second-order valence-corrected chi connectivity index (χ2v) is 15.5. The highest BCUT2D eigenvalue weighted by Gasteiger charge is 2.24. The lowest BCUT2D eigenvalue weighted by atomic mass is 10.0. The van der Waals surface area contributed by atoms with Crippen LogP contribution in [0.2, 0.25) is 0 Å². The van der Waals surface area contributed by atoms with Gasteiger partial charge in [-0.2, -0.15) is 0 Å². The van der Waals surface area contributed by atoms with Crippen molar-refractivity contribution in [3.63, 3.8) is 0 Å². The molecule has 6 heteroatoms. The Bertz CT molecular complexity index is 3880. The van der Waals surface area contributed by atoms with Crippen LogP contribution in [0.1, 0.15) is 0 Å². The van der Waals surface area contributed by atoms with Gasteiger partial charge in [-0.3, -0.25) is 0 Å². The average molecular weight is 781 g/mol. The Morgan fingerprint density at radius 3 is 1.70 bits per heavy atom. The quantitative estimate of drug-likeness (QED) is 0.174. The van der Waals surface area contributed by atoms with Gasteiger partial charge in [0.1, 0.15) is 16.7 Å². The molecule has 9 aromatic carbocycles. The molecule has 0 amide bonds. The molecule has 0 aliphatic carbocycles. The van der Waals surface area contributed by atoms with E-state index in [0.717, 1.165) is 88.4 Å². The zero-order chi connectivity index (χ0) is 40.0. The Balaban J connectivity index is 1.09. The number of aromatic nitrogens is 4. The molecule has 284 valence electrons. The van der Waals surface area contributed by atoms with Crippen molar-refractivity contribution < 1.29 is 8.83 Å². The topological polar surface area (TPSA) is 69.9 Å². The number of nitrogens with zero attached hydrogens (tertiary/aromatic N) is 4. The van der Waals surface area contributed by atoms with Crippen molar-refractivity contribution in [2.75, 3.05) is 0 Å². The van der Waals surface area contributed by atoms with E-state index in [-0.39, 0.29) is 0 Å². The third kappa shape index (κ3) is 5.19. The normalized spacial score (nSPS) is 11.9. The molecule has 6 nitrogen and oxygen atoms in total. The summed E-state index contributed by atoms with van der Waals surface area (Å²) < 4.78 is 15.6. The summed E-state index contributed by atoms with van der Waals surface area (Å²) in [5, 5.41) is 8.66. The first-order chi connectivity index (χ1) is 30.2. The van der Waals surface area contributed by atoms with Crippen molar-refractivity contribution in [1.29, 1.82) is 0 Å². The molecular formula is C55H32N4O2. The fourth-order valence-corrected chi connectivity index (χ4v) is 9.24. The zero-order valence-electron chi connectivity index (χ0n) is 32.6. The molecule has 0 spiro atoms. The first kappa shape index (κ1) is 33.6. The number of hydrogen-bond donors (Lipinski definition) is 0. The second-order valence-electron chi connectivity index (χ2n) is 15.5. The number of furan rings is 2. The Morgan fingerprint density at radius 2 is 0.918 bits per heavy atom. The molecule has 4 aromatic heterocycles. The highest BCUT2D eigenvalue weighted by Crippen LogP contribution is 2.44. The van der Waals surface area contributed by atoms with E-state index in [1.54, 1.807) is 0 Å². The molecule has 0 saturated heterocycles.